The van der Waals surface area contributed by atoms with E-state index in [1.165, 1.54) is 128 Å². The van der Waals surface area contributed by atoms with Gasteiger partial charge in [-0.3, -0.25) is 4.79 Å². The molecule has 0 aromatic rings. The van der Waals surface area contributed by atoms with E-state index < -0.39 is 61.5 Å². The zero-order chi connectivity index (χ0) is 41.1. The number of aliphatic hydroxyl groups is 6. The number of unbranched alkanes of at least 4 members (excludes halogenated alkanes) is 26. The number of amides is 1. The van der Waals surface area contributed by atoms with Crippen LogP contribution in [-0.4, -0.2) is 98.7 Å². The molecule has 1 fully saturated rings. The van der Waals surface area contributed by atoms with Gasteiger partial charge < -0.3 is 45.4 Å². The minimum absolute atomic E-state index is 0.255. The molecular weight excluding hydrogens is 711 g/mol. The van der Waals surface area contributed by atoms with E-state index in [1.54, 1.807) is 0 Å². The number of aliphatic hydroxyl groups excluding tert-OH is 6. The van der Waals surface area contributed by atoms with E-state index in [1.807, 2.05) is 0 Å². The average molecular weight is 800 g/mol. The molecule has 1 aliphatic rings. The predicted octanol–water partition coefficient (Wildman–Crippen LogP) is 8.70. The van der Waals surface area contributed by atoms with Gasteiger partial charge in [0, 0.05) is 0 Å². The van der Waals surface area contributed by atoms with Crippen LogP contribution in [0.5, 0.6) is 0 Å². The maximum Gasteiger partial charge on any atom is 0.249 e. The monoisotopic (exact) mass is 800 g/mol. The number of rotatable bonds is 39. The molecule has 0 saturated carbocycles. The quantitative estimate of drug-likeness (QED) is 0.0238. The van der Waals surface area contributed by atoms with Crippen molar-refractivity contribution in [2.45, 2.75) is 262 Å². The van der Waals surface area contributed by atoms with Crippen LogP contribution in [0.2, 0.25) is 0 Å². The maximum atomic E-state index is 13.0. The van der Waals surface area contributed by atoms with Crippen LogP contribution in [0.15, 0.2) is 12.2 Å². The highest BCUT2D eigenvalue weighted by atomic mass is 16.7. The Kier molecular flexibility index (Phi) is 34.9. The van der Waals surface area contributed by atoms with Crippen molar-refractivity contribution >= 4 is 5.91 Å². The third-order valence-electron chi connectivity index (χ3n) is 11.5. The van der Waals surface area contributed by atoms with Gasteiger partial charge in [0.25, 0.3) is 0 Å². The van der Waals surface area contributed by atoms with Gasteiger partial charge in [-0.2, -0.15) is 0 Å². The van der Waals surface area contributed by atoms with Gasteiger partial charge >= 0.3 is 0 Å². The fraction of sp³-hybridized carbons (Fsp3) is 0.935. The highest BCUT2D eigenvalue weighted by Crippen LogP contribution is 2.23. The fourth-order valence-electron chi connectivity index (χ4n) is 7.57. The van der Waals surface area contributed by atoms with Crippen LogP contribution in [0.25, 0.3) is 0 Å². The Bertz CT molecular complexity index is 906. The van der Waals surface area contributed by atoms with Crippen LogP contribution < -0.4 is 5.32 Å². The van der Waals surface area contributed by atoms with E-state index in [0.717, 1.165) is 57.8 Å². The van der Waals surface area contributed by atoms with E-state index in [-0.39, 0.29) is 6.61 Å². The molecule has 332 valence electrons. The third kappa shape index (κ3) is 26.8. The number of hydrogen-bond donors (Lipinski definition) is 7. The molecule has 0 bridgehead atoms. The lowest BCUT2D eigenvalue weighted by Crippen LogP contribution is -2.60. The molecule has 0 radical (unpaired) electrons. The molecular formula is C46H89NO9. The van der Waals surface area contributed by atoms with Crippen molar-refractivity contribution in [2.24, 2.45) is 0 Å². The Morgan fingerprint density at radius 3 is 1.46 bits per heavy atom. The minimum atomic E-state index is -1.59. The summed E-state index contributed by atoms with van der Waals surface area (Å²) >= 11 is 0. The van der Waals surface area contributed by atoms with E-state index >= 15 is 0 Å². The van der Waals surface area contributed by atoms with Crippen molar-refractivity contribution in [3.63, 3.8) is 0 Å². The zero-order valence-corrected chi connectivity index (χ0v) is 36.0. The lowest BCUT2D eigenvalue weighted by atomic mass is 9.99. The number of nitrogens with one attached hydrogen (secondary N) is 1. The molecule has 1 rings (SSSR count). The zero-order valence-electron chi connectivity index (χ0n) is 36.0. The third-order valence-corrected chi connectivity index (χ3v) is 11.5. The van der Waals surface area contributed by atoms with Gasteiger partial charge in [-0.05, 0) is 38.5 Å². The summed E-state index contributed by atoms with van der Waals surface area (Å²) in [6, 6.07) is -0.893. The summed E-state index contributed by atoms with van der Waals surface area (Å²) in [5, 5.41) is 64.8. The normalized spacial score (nSPS) is 21.8. The van der Waals surface area contributed by atoms with Crippen LogP contribution in [-0.2, 0) is 14.3 Å². The van der Waals surface area contributed by atoms with Crippen LogP contribution in [0.3, 0.4) is 0 Å². The molecule has 10 nitrogen and oxygen atoms in total. The van der Waals surface area contributed by atoms with Gasteiger partial charge in [-0.25, -0.2) is 0 Å². The summed E-state index contributed by atoms with van der Waals surface area (Å²) in [4.78, 5) is 13.0. The fourth-order valence-corrected chi connectivity index (χ4v) is 7.57. The second-order valence-corrected chi connectivity index (χ2v) is 16.7. The number of allylic oxidation sites excluding steroid dienone is 2. The van der Waals surface area contributed by atoms with E-state index in [4.69, 9.17) is 9.47 Å². The molecule has 1 heterocycles. The molecule has 0 aromatic heterocycles. The molecule has 10 heteroatoms. The summed E-state index contributed by atoms with van der Waals surface area (Å²) in [7, 11) is 0. The van der Waals surface area contributed by atoms with Crippen molar-refractivity contribution in [1.82, 2.24) is 5.32 Å². The second-order valence-electron chi connectivity index (χ2n) is 16.7. The van der Waals surface area contributed by atoms with Crippen LogP contribution in [0.4, 0.5) is 0 Å². The van der Waals surface area contributed by atoms with Crippen LogP contribution in [0, 0.1) is 0 Å². The molecule has 0 spiro atoms. The summed E-state index contributed by atoms with van der Waals surface area (Å²) in [5.74, 6) is -0.588. The standard InChI is InChI=1S/C46H89NO9/c1-3-5-7-9-11-13-15-17-19-20-21-23-24-26-28-30-32-34-39(49)38(37-55-46-44(53)43(52)42(51)41(36-48)56-46)47-45(54)40(50)35-33-31-29-27-25-22-18-16-14-12-10-8-6-4-2/h14,16,38-44,46,48-53H,3-13,15,17-37H2,1-2H3,(H,47,54)/b16-14-. The van der Waals surface area contributed by atoms with E-state index in [9.17, 15) is 35.4 Å². The van der Waals surface area contributed by atoms with Gasteiger partial charge in [0.15, 0.2) is 6.29 Å². The number of ether oxygens (including phenoxy) is 2. The first kappa shape index (κ1) is 52.9. The molecule has 1 amide bonds. The van der Waals surface area contributed by atoms with Crippen LogP contribution in [0.1, 0.15) is 213 Å². The summed E-state index contributed by atoms with van der Waals surface area (Å²) in [5.41, 5.74) is 0. The summed E-state index contributed by atoms with van der Waals surface area (Å²) in [6.45, 7) is 3.66. The molecule has 0 aliphatic carbocycles. The smallest absolute Gasteiger partial charge is 0.249 e. The largest absolute Gasteiger partial charge is 0.394 e. The predicted molar refractivity (Wildman–Crippen MR) is 227 cm³/mol. The van der Waals surface area contributed by atoms with Gasteiger partial charge in [0.2, 0.25) is 5.91 Å². The Hall–Kier alpha value is -1.11. The lowest BCUT2D eigenvalue weighted by Gasteiger charge is -2.40. The van der Waals surface area contributed by atoms with Crippen molar-refractivity contribution < 1.29 is 44.9 Å². The maximum absolute atomic E-state index is 13.0. The van der Waals surface area contributed by atoms with Gasteiger partial charge in [-0.1, -0.05) is 187 Å². The Morgan fingerprint density at radius 1 is 0.589 bits per heavy atom. The van der Waals surface area contributed by atoms with Crippen molar-refractivity contribution in [3.05, 3.63) is 12.2 Å². The van der Waals surface area contributed by atoms with Crippen molar-refractivity contribution in [3.8, 4) is 0 Å². The Morgan fingerprint density at radius 2 is 1.00 bits per heavy atom. The van der Waals surface area contributed by atoms with E-state index in [2.05, 4.69) is 31.3 Å². The molecule has 56 heavy (non-hydrogen) atoms. The molecule has 1 aliphatic heterocycles. The number of hydrogen-bond acceptors (Lipinski definition) is 9. The molecule has 7 N–H and O–H groups in total. The molecule has 8 unspecified atom stereocenters. The minimum Gasteiger partial charge on any atom is -0.394 e. The van der Waals surface area contributed by atoms with Gasteiger partial charge in [0.05, 0.1) is 25.4 Å². The Balaban J connectivity index is 2.38. The second kappa shape index (κ2) is 36.9. The first-order chi connectivity index (χ1) is 27.3. The summed E-state index contributed by atoms with van der Waals surface area (Å²) < 4.78 is 11.2. The van der Waals surface area contributed by atoms with Gasteiger partial charge in [-0.15, -0.1) is 0 Å². The topological polar surface area (TPSA) is 169 Å². The number of carbonyl (C=O) groups excluding carboxylic acids is 1. The Labute approximate surface area is 342 Å². The molecule has 8 atom stereocenters. The average Bonchev–Trinajstić information content (AvgIpc) is 3.20. The summed E-state index contributed by atoms with van der Waals surface area (Å²) in [6.07, 6.45) is 31.1. The van der Waals surface area contributed by atoms with Crippen molar-refractivity contribution in [2.75, 3.05) is 13.2 Å². The molecule has 1 saturated heterocycles. The van der Waals surface area contributed by atoms with Gasteiger partial charge in [0.1, 0.15) is 30.5 Å². The van der Waals surface area contributed by atoms with Crippen LogP contribution >= 0.6 is 0 Å². The highest BCUT2D eigenvalue weighted by molar-refractivity contribution is 5.80. The van der Waals surface area contributed by atoms with E-state index in [0.29, 0.717) is 12.8 Å². The van der Waals surface area contributed by atoms with Crippen molar-refractivity contribution in [1.29, 1.82) is 0 Å². The SMILES string of the molecule is CCCCCC/C=C\CCCCCCCCC(O)C(=O)NC(COC1OC(CO)C(O)C(O)C1O)C(O)CCCCCCCCCCCCCCCCCCC. The first-order valence-corrected chi connectivity index (χ1v) is 23.5. The first-order valence-electron chi connectivity index (χ1n) is 23.5. The highest BCUT2D eigenvalue weighted by Gasteiger charge is 2.44. The number of carbonyl (C=O) groups is 1. The lowest BCUT2D eigenvalue weighted by molar-refractivity contribution is -0.302. The molecule has 0 aromatic carbocycles.